The summed E-state index contributed by atoms with van der Waals surface area (Å²) >= 11 is 6.25. The number of para-hydroxylation sites is 2. The van der Waals surface area contributed by atoms with Crippen LogP contribution in [0.1, 0.15) is 5.56 Å². The minimum Gasteiger partial charge on any atom is -0.506 e. The summed E-state index contributed by atoms with van der Waals surface area (Å²) in [7, 11) is 0. The number of nitrogen functional groups attached to an aromatic ring is 1. The number of nitrogens with two attached hydrogens (primary N) is 1. The molecule has 0 aliphatic rings. The van der Waals surface area contributed by atoms with Crippen LogP contribution in [0.15, 0.2) is 49.0 Å². The highest BCUT2D eigenvalue weighted by Crippen LogP contribution is 2.40. The van der Waals surface area contributed by atoms with Gasteiger partial charge in [0.15, 0.2) is 17.3 Å². The zero-order valence-electron chi connectivity index (χ0n) is 15.5. The van der Waals surface area contributed by atoms with Gasteiger partial charge in [0, 0.05) is 5.56 Å². The van der Waals surface area contributed by atoms with Crippen LogP contribution in [0.5, 0.6) is 11.5 Å². The van der Waals surface area contributed by atoms with Gasteiger partial charge < -0.3 is 20.5 Å². The number of amides is 1. The molecule has 0 unspecified atom stereocenters. The van der Waals surface area contributed by atoms with Crippen molar-refractivity contribution < 1.29 is 19.6 Å². The topological polar surface area (TPSA) is 165 Å². The molecule has 11 nitrogen and oxygen atoms in total. The van der Waals surface area contributed by atoms with Crippen LogP contribution in [0.2, 0.25) is 0 Å². The van der Waals surface area contributed by atoms with Crippen molar-refractivity contribution in [3.63, 3.8) is 0 Å². The van der Waals surface area contributed by atoms with Gasteiger partial charge in [0.1, 0.15) is 22.5 Å². The van der Waals surface area contributed by atoms with Crippen molar-refractivity contribution in [2.45, 2.75) is 6.54 Å². The van der Waals surface area contributed by atoms with E-state index in [0.29, 0.717) is 21.3 Å². The van der Waals surface area contributed by atoms with Gasteiger partial charge in [-0.15, -0.1) is 0 Å². The average molecular weight is 551 g/mol. The molecule has 2 heterocycles. The molecule has 0 radical (unpaired) electrons. The van der Waals surface area contributed by atoms with E-state index in [2.05, 4.69) is 62.3 Å². The zero-order valence-corrected chi connectivity index (χ0v) is 18.6. The van der Waals surface area contributed by atoms with Crippen LogP contribution in [-0.2, 0) is 11.3 Å². The lowest BCUT2D eigenvalue weighted by atomic mass is 10.2. The number of hydrogen-bond donors (Lipinski definition) is 4. The third kappa shape index (κ3) is 3.96. The molecule has 0 fully saturated rings. The first kappa shape index (κ1) is 20.8. The van der Waals surface area contributed by atoms with Crippen LogP contribution in [0.3, 0.4) is 0 Å². The number of aromatic nitrogens is 4. The van der Waals surface area contributed by atoms with E-state index >= 15 is 0 Å². The van der Waals surface area contributed by atoms with Crippen molar-refractivity contribution in [2.75, 3.05) is 5.73 Å². The van der Waals surface area contributed by atoms with Crippen molar-refractivity contribution in [3.8, 4) is 23.0 Å². The molecule has 2 aromatic carbocycles. The SMILES string of the molecule is Nc1nonc1-c1nc2ccccc2n1CC(=O)N/N=C\c1cc(Br)c(O)c(Br)c1O. The number of rotatable bonds is 5. The van der Waals surface area contributed by atoms with Gasteiger partial charge >= 0.3 is 0 Å². The maximum Gasteiger partial charge on any atom is 0.260 e. The van der Waals surface area contributed by atoms with Crippen molar-refractivity contribution in [2.24, 2.45) is 5.10 Å². The lowest BCUT2D eigenvalue weighted by Gasteiger charge is -2.07. The zero-order chi connectivity index (χ0) is 22.1. The number of hydrazone groups is 1. The monoisotopic (exact) mass is 549 g/mol. The molecule has 0 spiro atoms. The number of aromatic hydroxyl groups is 2. The minimum atomic E-state index is -0.466. The lowest BCUT2D eigenvalue weighted by Crippen LogP contribution is -2.23. The van der Waals surface area contributed by atoms with Gasteiger partial charge in [0.05, 0.1) is 21.7 Å². The van der Waals surface area contributed by atoms with Crippen molar-refractivity contribution in [1.82, 2.24) is 25.3 Å². The largest absolute Gasteiger partial charge is 0.506 e. The Balaban J connectivity index is 1.59. The van der Waals surface area contributed by atoms with Crippen LogP contribution in [0.25, 0.3) is 22.6 Å². The van der Waals surface area contributed by atoms with Gasteiger partial charge in [-0.25, -0.2) is 15.0 Å². The second kappa shape index (κ2) is 8.35. The second-order valence-electron chi connectivity index (χ2n) is 6.26. The number of carbonyl (C=O) groups is 1. The molecule has 4 aromatic rings. The summed E-state index contributed by atoms with van der Waals surface area (Å²) in [5, 5.41) is 31.1. The number of nitrogens with zero attached hydrogens (tertiary/aromatic N) is 5. The van der Waals surface area contributed by atoms with Crippen molar-refractivity contribution in [3.05, 3.63) is 44.8 Å². The molecule has 158 valence electrons. The van der Waals surface area contributed by atoms with E-state index in [0.717, 1.165) is 0 Å². The molecule has 0 aliphatic carbocycles. The van der Waals surface area contributed by atoms with E-state index in [4.69, 9.17) is 5.73 Å². The Kier molecular flexibility index (Phi) is 5.61. The van der Waals surface area contributed by atoms with Crippen LogP contribution >= 0.6 is 31.9 Å². The van der Waals surface area contributed by atoms with Crippen molar-refractivity contribution >= 4 is 60.8 Å². The number of imidazole rings is 1. The van der Waals surface area contributed by atoms with E-state index in [1.165, 1.54) is 12.3 Å². The predicted octanol–water partition coefficient (Wildman–Crippen LogP) is 2.76. The maximum absolute atomic E-state index is 12.5. The van der Waals surface area contributed by atoms with E-state index < -0.39 is 5.91 Å². The molecule has 0 aliphatic heterocycles. The molecule has 0 saturated heterocycles. The fraction of sp³-hybridized carbons (Fsp3) is 0.0556. The number of halogens is 2. The van der Waals surface area contributed by atoms with E-state index in [9.17, 15) is 15.0 Å². The number of benzene rings is 2. The third-order valence-corrected chi connectivity index (χ3v) is 5.63. The Morgan fingerprint density at radius 2 is 2.03 bits per heavy atom. The Hall–Kier alpha value is -3.45. The van der Waals surface area contributed by atoms with Crippen molar-refractivity contribution in [1.29, 1.82) is 0 Å². The normalized spacial score (nSPS) is 11.4. The van der Waals surface area contributed by atoms with Crippen LogP contribution in [0.4, 0.5) is 5.82 Å². The second-order valence-corrected chi connectivity index (χ2v) is 7.91. The summed E-state index contributed by atoms with van der Waals surface area (Å²) in [6, 6.07) is 8.67. The highest BCUT2D eigenvalue weighted by atomic mass is 79.9. The molecule has 2 aromatic heterocycles. The minimum absolute atomic E-state index is 0.0499. The number of phenols is 2. The Morgan fingerprint density at radius 3 is 2.77 bits per heavy atom. The fourth-order valence-corrected chi connectivity index (χ4v) is 3.99. The number of fused-ring (bicyclic) bond motifs is 1. The quantitative estimate of drug-likeness (QED) is 0.217. The standard InChI is InChI=1S/C18H13Br2N7O4/c19-9-5-8(15(29)13(20)16(9)30)6-22-24-12(28)7-27-11-4-2-1-3-10(11)23-18(27)14-17(21)26-31-25-14/h1-6,29-30H,7H2,(H2,21,26)(H,24,28)/b22-6-. The average Bonchev–Trinajstić information content (AvgIpc) is 3.33. The van der Waals surface area contributed by atoms with Gasteiger partial charge in [-0.1, -0.05) is 12.1 Å². The predicted molar refractivity (Wildman–Crippen MR) is 118 cm³/mol. The Labute approximate surface area is 190 Å². The highest BCUT2D eigenvalue weighted by Gasteiger charge is 2.20. The maximum atomic E-state index is 12.5. The Bertz CT molecular complexity index is 1330. The number of carbonyl (C=O) groups excluding carboxylic acids is 1. The molecule has 0 atom stereocenters. The smallest absolute Gasteiger partial charge is 0.260 e. The number of anilines is 1. The summed E-state index contributed by atoms with van der Waals surface area (Å²) in [6.45, 7) is -0.144. The molecule has 1 amide bonds. The number of phenolic OH excluding ortho intramolecular Hbond substituents is 2. The summed E-state index contributed by atoms with van der Waals surface area (Å²) < 4.78 is 6.71. The van der Waals surface area contributed by atoms with Gasteiger partial charge in [0.2, 0.25) is 0 Å². The highest BCUT2D eigenvalue weighted by molar-refractivity contribution is 9.11. The van der Waals surface area contributed by atoms with E-state index in [1.54, 1.807) is 16.7 Å². The van der Waals surface area contributed by atoms with Crippen LogP contribution < -0.4 is 11.2 Å². The van der Waals surface area contributed by atoms with Gasteiger partial charge in [-0.3, -0.25) is 4.79 Å². The van der Waals surface area contributed by atoms with Gasteiger partial charge in [0.25, 0.3) is 5.91 Å². The molecular formula is C18H13Br2N7O4. The lowest BCUT2D eigenvalue weighted by molar-refractivity contribution is -0.121. The van der Waals surface area contributed by atoms with E-state index in [1.807, 2.05) is 12.1 Å². The first-order valence-electron chi connectivity index (χ1n) is 8.62. The molecule has 13 heteroatoms. The first-order valence-corrected chi connectivity index (χ1v) is 10.2. The summed E-state index contributed by atoms with van der Waals surface area (Å²) in [5.41, 5.74) is 9.99. The molecule has 0 saturated carbocycles. The Morgan fingerprint density at radius 1 is 1.26 bits per heavy atom. The molecule has 5 N–H and O–H groups in total. The number of nitrogens with one attached hydrogen (secondary N) is 1. The summed E-state index contributed by atoms with van der Waals surface area (Å²) in [5.74, 6) is -0.473. The molecular weight excluding hydrogens is 538 g/mol. The van der Waals surface area contributed by atoms with Gasteiger partial charge in [-0.2, -0.15) is 5.10 Å². The summed E-state index contributed by atoms with van der Waals surface area (Å²) in [6.07, 6.45) is 1.24. The molecule has 31 heavy (non-hydrogen) atoms. The fourth-order valence-electron chi connectivity index (χ4n) is 2.84. The molecule has 0 bridgehead atoms. The molecule has 4 rings (SSSR count). The summed E-state index contributed by atoms with van der Waals surface area (Å²) in [4.78, 5) is 17.0. The van der Waals surface area contributed by atoms with Gasteiger partial charge in [-0.05, 0) is 60.4 Å². The van der Waals surface area contributed by atoms with Crippen LogP contribution in [-0.4, -0.2) is 42.2 Å². The van der Waals surface area contributed by atoms with E-state index in [-0.39, 0.29) is 39.6 Å². The first-order chi connectivity index (χ1) is 14.9. The van der Waals surface area contributed by atoms with Crippen LogP contribution in [0, 0.1) is 0 Å². The third-order valence-electron chi connectivity index (χ3n) is 4.27. The number of hydrogen-bond acceptors (Lipinski definition) is 9.